The Bertz CT molecular complexity index is 999. The van der Waals surface area contributed by atoms with Crippen LogP contribution >= 0.6 is 0 Å². The van der Waals surface area contributed by atoms with E-state index in [-0.39, 0.29) is 0 Å². The van der Waals surface area contributed by atoms with Crippen LogP contribution in [0.5, 0.6) is 28.7 Å². The van der Waals surface area contributed by atoms with Crippen molar-refractivity contribution >= 4 is 0 Å². The minimum Gasteiger partial charge on any atom is -0.492 e. The van der Waals surface area contributed by atoms with E-state index in [9.17, 15) is 5.11 Å². The maximum Gasteiger partial charge on any atom is 0.207 e. The first-order chi connectivity index (χ1) is 15.0. The Hall–Kier alpha value is -3.38. The van der Waals surface area contributed by atoms with E-state index in [1.54, 1.807) is 7.11 Å². The van der Waals surface area contributed by atoms with E-state index in [0.29, 0.717) is 52.0 Å². The molecule has 1 N–H and O–H groups in total. The zero-order chi connectivity index (χ0) is 22.4. The van der Waals surface area contributed by atoms with Crippen LogP contribution in [0.4, 0.5) is 0 Å². The molecule has 0 amide bonds. The highest BCUT2D eigenvalue weighted by Gasteiger charge is 2.29. The van der Waals surface area contributed by atoms with Gasteiger partial charge in [-0.05, 0) is 30.2 Å². The third kappa shape index (κ3) is 4.54. The van der Waals surface area contributed by atoms with Gasteiger partial charge in [-0.15, -0.1) is 0 Å². The molecule has 6 heteroatoms. The third-order valence-electron chi connectivity index (χ3n) is 5.14. The quantitative estimate of drug-likeness (QED) is 0.538. The number of methoxy groups -OCH3 is 4. The Morgan fingerprint density at radius 2 is 1.26 bits per heavy atom. The number of aliphatic hydroxyl groups excluding tert-OH is 1. The molecule has 0 fully saturated rings. The van der Waals surface area contributed by atoms with Gasteiger partial charge in [0.1, 0.15) is 18.5 Å². The van der Waals surface area contributed by atoms with Crippen LogP contribution in [0.15, 0.2) is 54.6 Å². The monoisotopic (exact) mass is 424 g/mol. The highest BCUT2D eigenvalue weighted by molar-refractivity contribution is 5.68. The van der Waals surface area contributed by atoms with Crippen molar-refractivity contribution in [3.63, 3.8) is 0 Å². The molecule has 3 rings (SSSR count). The Labute approximate surface area is 182 Å². The fourth-order valence-electron chi connectivity index (χ4n) is 3.59. The summed E-state index contributed by atoms with van der Waals surface area (Å²) in [7, 11) is 6.12. The minimum atomic E-state index is -0.966. The summed E-state index contributed by atoms with van der Waals surface area (Å²) in [6.45, 7) is 2.32. The summed E-state index contributed by atoms with van der Waals surface area (Å²) in [4.78, 5) is 0. The first kappa shape index (κ1) is 22.3. The Balaban J connectivity index is 1.92. The molecule has 6 nitrogen and oxygen atoms in total. The average Bonchev–Trinajstić information content (AvgIpc) is 2.82. The van der Waals surface area contributed by atoms with Gasteiger partial charge in [0.2, 0.25) is 11.5 Å². The molecule has 0 saturated heterocycles. The first-order valence-corrected chi connectivity index (χ1v) is 9.86. The van der Waals surface area contributed by atoms with Crippen molar-refractivity contribution in [2.45, 2.75) is 19.6 Å². The van der Waals surface area contributed by atoms with Crippen molar-refractivity contribution in [3.8, 4) is 28.7 Å². The van der Waals surface area contributed by atoms with Crippen molar-refractivity contribution in [2.75, 3.05) is 28.4 Å². The van der Waals surface area contributed by atoms with Crippen molar-refractivity contribution in [2.24, 2.45) is 0 Å². The summed E-state index contributed by atoms with van der Waals surface area (Å²) in [5, 5.41) is 11.2. The summed E-state index contributed by atoms with van der Waals surface area (Å²) in [6, 6.07) is 17.3. The fraction of sp³-hybridized carbons (Fsp3) is 0.280. The van der Waals surface area contributed by atoms with Crippen LogP contribution < -0.4 is 23.7 Å². The van der Waals surface area contributed by atoms with E-state index < -0.39 is 6.10 Å². The highest BCUT2D eigenvalue weighted by Crippen LogP contribution is 2.51. The molecular weight excluding hydrogens is 396 g/mol. The van der Waals surface area contributed by atoms with Gasteiger partial charge in [-0.3, -0.25) is 0 Å². The lowest BCUT2D eigenvalue weighted by atomic mass is 9.94. The highest BCUT2D eigenvalue weighted by atomic mass is 16.5. The number of rotatable bonds is 9. The molecule has 1 atom stereocenters. The second-order valence-corrected chi connectivity index (χ2v) is 6.92. The van der Waals surface area contributed by atoms with Gasteiger partial charge in [-0.2, -0.15) is 0 Å². The molecule has 164 valence electrons. The Morgan fingerprint density at radius 3 is 1.81 bits per heavy atom. The van der Waals surface area contributed by atoms with Crippen LogP contribution in [0.25, 0.3) is 0 Å². The first-order valence-electron chi connectivity index (χ1n) is 9.86. The lowest BCUT2D eigenvalue weighted by Crippen LogP contribution is -2.09. The Morgan fingerprint density at radius 1 is 0.710 bits per heavy atom. The Kier molecular flexibility index (Phi) is 7.26. The average molecular weight is 424 g/mol. The predicted molar refractivity (Wildman–Crippen MR) is 119 cm³/mol. The third-order valence-corrected chi connectivity index (χ3v) is 5.14. The molecule has 3 aromatic carbocycles. The standard InChI is InChI=1S/C25H28O6/c1-16-20(23(28-3)25(30-5)24(29-4)22(16)27-2)21(26)18-11-13-19(14-12-18)31-15-17-9-7-6-8-10-17/h6-14,21,26H,15H2,1-5H3. The zero-order valence-corrected chi connectivity index (χ0v) is 18.5. The topological polar surface area (TPSA) is 66.4 Å². The molecule has 0 saturated carbocycles. The lowest BCUT2D eigenvalue weighted by Gasteiger charge is -2.24. The summed E-state index contributed by atoms with van der Waals surface area (Å²) >= 11 is 0. The molecule has 0 aromatic heterocycles. The van der Waals surface area contributed by atoms with Crippen LogP contribution in [0, 0.1) is 6.92 Å². The van der Waals surface area contributed by atoms with Crippen molar-refractivity contribution in [1.82, 2.24) is 0 Å². The molecule has 3 aromatic rings. The molecule has 0 heterocycles. The number of hydrogen-bond donors (Lipinski definition) is 1. The van der Waals surface area contributed by atoms with Gasteiger partial charge >= 0.3 is 0 Å². The van der Waals surface area contributed by atoms with Gasteiger partial charge in [0.15, 0.2) is 11.5 Å². The van der Waals surface area contributed by atoms with Crippen molar-refractivity contribution < 1.29 is 28.8 Å². The molecule has 0 bridgehead atoms. The van der Waals surface area contributed by atoms with Gasteiger partial charge in [-0.25, -0.2) is 0 Å². The fourth-order valence-corrected chi connectivity index (χ4v) is 3.59. The molecule has 0 aliphatic heterocycles. The van der Waals surface area contributed by atoms with E-state index in [1.807, 2.05) is 61.5 Å². The largest absolute Gasteiger partial charge is 0.492 e. The molecule has 0 aliphatic carbocycles. The summed E-state index contributed by atoms with van der Waals surface area (Å²) in [5.74, 6) is 2.38. The van der Waals surface area contributed by atoms with Gasteiger partial charge in [0.25, 0.3) is 0 Å². The number of aliphatic hydroxyl groups is 1. The van der Waals surface area contributed by atoms with E-state index in [0.717, 1.165) is 5.56 Å². The van der Waals surface area contributed by atoms with Crippen LogP contribution in [0.1, 0.15) is 28.4 Å². The smallest absolute Gasteiger partial charge is 0.207 e. The minimum absolute atomic E-state index is 0.365. The van der Waals surface area contributed by atoms with E-state index in [1.165, 1.54) is 21.3 Å². The summed E-state index contributed by atoms with van der Waals surface area (Å²) in [6.07, 6.45) is -0.966. The normalized spacial score (nSPS) is 11.5. The maximum absolute atomic E-state index is 11.2. The number of hydrogen-bond acceptors (Lipinski definition) is 6. The SMILES string of the molecule is COc1c(C)c(C(O)c2ccc(OCc3ccccc3)cc2)c(OC)c(OC)c1OC. The van der Waals surface area contributed by atoms with Crippen LogP contribution in [0.3, 0.4) is 0 Å². The van der Waals surface area contributed by atoms with Gasteiger partial charge in [-0.1, -0.05) is 42.5 Å². The van der Waals surface area contributed by atoms with E-state index >= 15 is 0 Å². The number of benzene rings is 3. The number of ether oxygens (including phenoxy) is 5. The predicted octanol–water partition coefficient (Wildman–Crippen LogP) is 4.69. The van der Waals surface area contributed by atoms with Crippen molar-refractivity contribution in [1.29, 1.82) is 0 Å². The second-order valence-electron chi connectivity index (χ2n) is 6.92. The van der Waals surface area contributed by atoms with Crippen LogP contribution in [-0.4, -0.2) is 33.5 Å². The molecule has 1 unspecified atom stereocenters. The molecule has 0 aliphatic rings. The van der Waals surface area contributed by atoms with E-state index in [4.69, 9.17) is 23.7 Å². The van der Waals surface area contributed by atoms with Gasteiger partial charge < -0.3 is 28.8 Å². The molecule has 0 radical (unpaired) electrons. The summed E-state index contributed by atoms with van der Waals surface area (Å²) < 4.78 is 28.0. The zero-order valence-electron chi connectivity index (χ0n) is 18.5. The van der Waals surface area contributed by atoms with Gasteiger partial charge in [0, 0.05) is 11.1 Å². The molecule has 0 spiro atoms. The van der Waals surface area contributed by atoms with Crippen LogP contribution in [0.2, 0.25) is 0 Å². The van der Waals surface area contributed by atoms with Crippen LogP contribution in [-0.2, 0) is 6.61 Å². The van der Waals surface area contributed by atoms with Crippen molar-refractivity contribution in [3.05, 3.63) is 76.9 Å². The second kappa shape index (κ2) is 10.1. The molecular formula is C25H28O6. The van der Waals surface area contributed by atoms with E-state index in [2.05, 4.69) is 0 Å². The van der Waals surface area contributed by atoms with Gasteiger partial charge in [0.05, 0.1) is 28.4 Å². The summed E-state index contributed by atoms with van der Waals surface area (Å²) in [5.41, 5.74) is 3.02. The molecule has 31 heavy (non-hydrogen) atoms. The lowest BCUT2D eigenvalue weighted by molar-refractivity contribution is 0.209. The maximum atomic E-state index is 11.2.